The van der Waals surface area contributed by atoms with E-state index in [9.17, 15) is 0 Å². The zero-order chi connectivity index (χ0) is 22.0. The summed E-state index contributed by atoms with van der Waals surface area (Å²) < 4.78 is 0. The highest BCUT2D eigenvalue weighted by atomic mass is 17.6. The molecule has 0 unspecified atom stereocenters. The van der Waals surface area contributed by atoms with Crippen LogP contribution in [0.1, 0.15) is 86.5 Å². The molecule has 172 valence electrons. The summed E-state index contributed by atoms with van der Waals surface area (Å²) in [7, 11) is 0. The standard InChI is InChI=1S/C28H42O3/c1-18(2)19(3)7-8-20(4)23-11-12-24-22-10-9-21-17-28(29-31-30-28)16-15-26(21,5)25(22)13-14-27(23,24)6/h7-10,18-20,23-25H,11-17H2,1-6H3/t19-,20+,23+,24-,25-,26-,27+/m0/s1. The lowest BCUT2D eigenvalue weighted by atomic mass is 9.49. The largest absolute Gasteiger partial charge is 0.243 e. The molecule has 0 bridgehead atoms. The van der Waals surface area contributed by atoms with E-state index < -0.39 is 5.79 Å². The predicted octanol–water partition coefficient (Wildman–Crippen LogP) is 7.56. The summed E-state index contributed by atoms with van der Waals surface area (Å²) in [6, 6.07) is 0. The average Bonchev–Trinajstić information content (AvgIpc) is 3.07. The molecule has 3 nitrogen and oxygen atoms in total. The van der Waals surface area contributed by atoms with Gasteiger partial charge < -0.3 is 0 Å². The molecule has 4 fully saturated rings. The Bertz CT molecular complexity index is 803. The highest BCUT2D eigenvalue weighted by Crippen LogP contribution is 2.67. The zero-order valence-electron chi connectivity index (χ0n) is 20.4. The van der Waals surface area contributed by atoms with E-state index in [-0.39, 0.29) is 5.41 Å². The quantitative estimate of drug-likeness (QED) is 0.343. The lowest BCUT2D eigenvalue weighted by Gasteiger charge is -2.57. The SMILES string of the molecule is CC(C)[C@@H](C)C=C[C@@H](C)[C@H]1CC[C@H]2C3=CC=C4CC5(CC[C@]4(C)[C@H]3CC[C@]12C)OOO5. The van der Waals surface area contributed by atoms with E-state index in [1.165, 1.54) is 31.3 Å². The summed E-state index contributed by atoms with van der Waals surface area (Å²) in [4.78, 5) is 10.8. The molecular formula is C28H42O3. The highest BCUT2D eigenvalue weighted by molar-refractivity contribution is 5.39. The van der Waals surface area contributed by atoms with Crippen LogP contribution in [-0.4, -0.2) is 5.79 Å². The topological polar surface area (TPSA) is 27.7 Å². The van der Waals surface area contributed by atoms with E-state index in [4.69, 9.17) is 9.78 Å². The van der Waals surface area contributed by atoms with Crippen molar-refractivity contribution in [1.82, 2.24) is 0 Å². The van der Waals surface area contributed by atoms with Crippen molar-refractivity contribution >= 4 is 0 Å². The molecule has 5 aliphatic rings. The molecular weight excluding hydrogens is 384 g/mol. The molecule has 31 heavy (non-hydrogen) atoms. The summed E-state index contributed by atoms with van der Waals surface area (Å²) in [6.45, 7) is 14.6. The molecule has 4 aliphatic carbocycles. The number of allylic oxidation sites excluding steroid dienone is 5. The number of fused-ring (bicyclic) bond motifs is 5. The first-order valence-corrected chi connectivity index (χ1v) is 12.8. The Labute approximate surface area is 189 Å². The average molecular weight is 427 g/mol. The van der Waals surface area contributed by atoms with E-state index in [1.807, 2.05) is 0 Å². The van der Waals surface area contributed by atoms with Gasteiger partial charge in [0.25, 0.3) is 0 Å². The third kappa shape index (κ3) is 3.33. The van der Waals surface area contributed by atoms with Gasteiger partial charge in [0.15, 0.2) is 0 Å². The monoisotopic (exact) mass is 426 g/mol. The minimum Gasteiger partial charge on any atom is -0.167 e. The van der Waals surface area contributed by atoms with Crippen LogP contribution in [0, 0.1) is 46.3 Å². The normalized spacial score (nSPS) is 43.0. The van der Waals surface area contributed by atoms with Crippen molar-refractivity contribution in [2.24, 2.45) is 46.3 Å². The Morgan fingerprint density at radius 1 is 0.903 bits per heavy atom. The number of hydrogen-bond donors (Lipinski definition) is 0. The molecule has 1 heterocycles. The van der Waals surface area contributed by atoms with Crippen molar-refractivity contribution in [2.75, 3.05) is 0 Å². The second kappa shape index (κ2) is 7.57. The van der Waals surface area contributed by atoms with Gasteiger partial charge in [0.1, 0.15) is 0 Å². The Morgan fingerprint density at radius 2 is 1.68 bits per heavy atom. The predicted molar refractivity (Wildman–Crippen MR) is 123 cm³/mol. The Morgan fingerprint density at radius 3 is 2.35 bits per heavy atom. The van der Waals surface area contributed by atoms with E-state index in [1.54, 1.807) is 5.57 Å². The van der Waals surface area contributed by atoms with Crippen molar-refractivity contribution < 1.29 is 14.8 Å². The summed E-state index contributed by atoms with van der Waals surface area (Å²) in [5.74, 6) is 3.79. The smallest absolute Gasteiger partial charge is 0.167 e. The van der Waals surface area contributed by atoms with E-state index in [0.717, 1.165) is 37.0 Å². The molecule has 1 saturated heterocycles. The maximum atomic E-state index is 5.38. The van der Waals surface area contributed by atoms with Crippen LogP contribution in [0.3, 0.4) is 0 Å². The summed E-state index contributed by atoms with van der Waals surface area (Å²) in [5, 5.41) is 4.64. The first-order valence-electron chi connectivity index (χ1n) is 12.8. The van der Waals surface area contributed by atoms with Crippen LogP contribution in [0.5, 0.6) is 0 Å². The molecule has 0 amide bonds. The fourth-order valence-corrected chi connectivity index (χ4v) is 7.83. The van der Waals surface area contributed by atoms with E-state index >= 15 is 0 Å². The number of hydrogen-bond acceptors (Lipinski definition) is 3. The Balaban J connectivity index is 1.38. The maximum Gasteiger partial charge on any atom is 0.243 e. The van der Waals surface area contributed by atoms with Gasteiger partial charge in [-0.05, 0) is 78.4 Å². The molecule has 0 radical (unpaired) electrons. The van der Waals surface area contributed by atoms with Gasteiger partial charge in [-0.25, -0.2) is 0 Å². The molecule has 7 atom stereocenters. The van der Waals surface area contributed by atoms with Crippen LogP contribution in [0.2, 0.25) is 0 Å². The third-order valence-corrected chi connectivity index (χ3v) is 10.4. The van der Waals surface area contributed by atoms with Crippen LogP contribution in [0.25, 0.3) is 0 Å². The minimum absolute atomic E-state index is 0.259. The van der Waals surface area contributed by atoms with Crippen molar-refractivity contribution in [3.63, 3.8) is 0 Å². The Hall–Kier alpha value is -0.900. The van der Waals surface area contributed by atoms with Crippen molar-refractivity contribution in [2.45, 2.75) is 92.3 Å². The van der Waals surface area contributed by atoms with E-state index in [0.29, 0.717) is 23.2 Å². The van der Waals surface area contributed by atoms with Crippen LogP contribution >= 0.6 is 0 Å². The van der Waals surface area contributed by atoms with Gasteiger partial charge in [-0.3, -0.25) is 0 Å². The first kappa shape index (κ1) is 21.9. The molecule has 0 aromatic carbocycles. The van der Waals surface area contributed by atoms with E-state index in [2.05, 4.69) is 70.9 Å². The molecule has 1 spiro atoms. The lowest BCUT2D eigenvalue weighted by molar-refractivity contribution is -0.734. The van der Waals surface area contributed by atoms with Crippen molar-refractivity contribution in [3.8, 4) is 0 Å². The maximum absolute atomic E-state index is 5.38. The zero-order valence-corrected chi connectivity index (χ0v) is 20.4. The minimum atomic E-state index is -0.507. The van der Waals surface area contributed by atoms with Crippen molar-refractivity contribution in [3.05, 3.63) is 35.5 Å². The molecule has 0 N–H and O–H groups in total. The van der Waals surface area contributed by atoms with Gasteiger partial charge in [-0.1, -0.05) is 82.0 Å². The second-order valence-corrected chi connectivity index (χ2v) is 12.3. The Kier molecular flexibility index (Phi) is 5.35. The summed E-state index contributed by atoms with van der Waals surface area (Å²) in [5.41, 5.74) is 3.97. The fraction of sp³-hybridized carbons (Fsp3) is 0.786. The summed E-state index contributed by atoms with van der Waals surface area (Å²) in [6.07, 6.45) is 18.3. The molecule has 0 aromatic heterocycles. The van der Waals surface area contributed by atoms with Gasteiger partial charge in [-0.2, -0.15) is 9.78 Å². The molecule has 3 heteroatoms. The molecule has 3 saturated carbocycles. The summed E-state index contributed by atoms with van der Waals surface area (Å²) >= 11 is 0. The van der Waals surface area contributed by atoms with Crippen molar-refractivity contribution in [1.29, 1.82) is 0 Å². The molecule has 1 aliphatic heterocycles. The van der Waals surface area contributed by atoms with Crippen LogP contribution in [-0.2, 0) is 14.8 Å². The first-order chi connectivity index (χ1) is 14.7. The van der Waals surface area contributed by atoms with Crippen LogP contribution in [0.4, 0.5) is 0 Å². The highest BCUT2D eigenvalue weighted by Gasteiger charge is 2.60. The van der Waals surface area contributed by atoms with Gasteiger partial charge in [-0.15, -0.1) is 0 Å². The van der Waals surface area contributed by atoms with Gasteiger partial charge in [0.2, 0.25) is 5.79 Å². The van der Waals surface area contributed by atoms with Gasteiger partial charge in [0, 0.05) is 12.8 Å². The lowest BCUT2D eigenvalue weighted by Crippen LogP contribution is -2.53. The molecule has 5 rings (SSSR count). The molecule has 0 aromatic rings. The fourth-order valence-electron chi connectivity index (χ4n) is 7.83. The van der Waals surface area contributed by atoms with Crippen LogP contribution in [0.15, 0.2) is 35.5 Å². The third-order valence-electron chi connectivity index (χ3n) is 10.4. The number of rotatable bonds is 4. The van der Waals surface area contributed by atoms with Crippen LogP contribution < -0.4 is 0 Å². The van der Waals surface area contributed by atoms with Gasteiger partial charge in [0.05, 0.1) is 0 Å². The second-order valence-electron chi connectivity index (χ2n) is 12.3. The van der Waals surface area contributed by atoms with Gasteiger partial charge >= 0.3 is 0 Å².